The fourth-order valence-electron chi connectivity index (χ4n) is 8.82. The predicted octanol–water partition coefficient (Wildman–Crippen LogP) is 4.74. The number of hydrogen-bond acceptors (Lipinski definition) is 13. The Morgan fingerprint density at radius 1 is 1.02 bits per heavy atom. The maximum Gasteiger partial charge on any atom is 0.289 e. The molecule has 2 fully saturated rings. The topological polar surface area (TPSA) is 260 Å². The number of carbonyl (C=O) groups is 5. The zero-order valence-corrected chi connectivity index (χ0v) is 36.7. The minimum Gasteiger partial charge on any atom is -0.496 e. The Kier molecular flexibility index (Phi) is 11.5. The molecule has 1 unspecified atom stereocenters. The summed E-state index contributed by atoms with van der Waals surface area (Å²) in [7, 11) is 1.54. The highest BCUT2D eigenvalue weighted by molar-refractivity contribution is 6.22. The van der Waals surface area contributed by atoms with Gasteiger partial charge in [0, 0.05) is 114 Å². The lowest BCUT2D eigenvalue weighted by molar-refractivity contribution is -0.137. The summed E-state index contributed by atoms with van der Waals surface area (Å²) in [4.78, 5) is 86.1. The summed E-state index contributed by atoms with van der Waals surface area (Å²) in [6.07, 6.45) is 6.37. The first-order chi connectivity index (χ1) is 31.4. The minimum absolute atomic E-state index is 0.0410. The Balaban J connectivity index is 0.865. The monoisotopic (exact) mass is 881 g/mol. The van der Waals surface area contributed by atoms with Gasteiger partial charge in [-0.15, -0.1) is 0 Å². The molecule has 1 aliphatic carbocycles. The van der Waals surface area contributed by atoms with E-state index in [1.54, 1.807) is 30.2 Å². The maximum atomic E-state index is 13.8. The largest absolute Gasteiger partial charge is 0.496 e. The van der Waals surface area contributed by atoms with Gasteiger partial charge in [-0.3, -0.25) is 29.3 Å². The van der Waals surface area contributed by atoms with Crippen LogP contribution in [0, 0.1) is 0 Å². The molecule has 0 bridgehead atoms. The van der Waals surface area contributed by atoms with E-state index in [9.17, 15) is 24.0 Å². The van der Waals surface area contributed by atoms with Crippen LogP contribution in [-0.4, -0.2) is 95.3 Å². The molecule has 0 spiro atoms. The van der Waals surface area contributed by atoms with Gasteiger partial charge in [0.2, 0.25) is 17.6 Å². The summed E-state index contributed by atoms with van der Waals surface area (Å²) < 4.78 is 7.66. The molecule has 3 aliphatic rings. The number of carbonyl (C=O) groups excluding carboxylic acids is 5. The summed E-state index contributed by atoms with van der Waals surface area (Å²) in [6, 6.07) is 10.5. The number of nitrogens with two attached hydrogens (primary N) is 1. The molecule has 65 heavy (non-hydrogen) atoms. The number of ketones is 1. The summed E-state index contributed by atoms with van der Waals surface area (Å²) in [5.74, 6) is 1.16. The number of H-pyrrole nitrogens is 2. The lowest BCUT2D eigenvalue weighted by atomic mass is 9.98. The number of nitrogens with one attached hydrogen (secondary N) is 6. The van der Waals surface area contributed by atoms with Gasteiger partial charge in [0.15, 0.2) is 5.78 Å². The Morgan fingerprint density at radius 3 is 2.58 bits per heavy atom. The number of anilines is 3. The van der Waals surface area contributed by atoms with Crippen LogP contribution in [0.3, 0.4) is 0 Å². The standard InChI is InChI=1S/C46H51N13O6/c1-5-59-37(20-32(57-59)25-11-12-25)53-42-40-28-19-35(65-4)29(39(23(2)47)24(3)60)18-33(28)52-41(40)55-43(56-42)45(63)49-17-15-26-21-50-36(51-26)10-7-16-48-31-9-6-8-27-30(31)22-58(46(27)64)34-13-14-38(61)54-44(34)62/h6,8-9,18-21,25,34,48H,5,7,10-17,22,47H2,1-4H3,(H,49,63)(H,50,51)(H,54,61,62)(H2,52,53,55,56). The molecule has 9 rings (SSSR count). The summed E-state index contributed by atoms with van der Waals surface area (Å²) in [6.45, 7) is 6.98. The van der Waals surface area contributed by atoms with E-state index in [2.05, 4.69) is 41.2 Å². The Hall–Kier alpha value is -7.57. The fraction of sp³-hybridized carbons (Fsp3) is 0.370. The number of Topliss-reactive ketones (excluding diaryl/α,β-unsaturated/α-hetero) is 1. The van der Waals surface area contributed by atoms with Crippen LogP contribution in [0.2, 0.25) is 0 Å². The van der Waals surface area contributed by atoms with Gasteiger partial charge in [-0.1, -0.05) is 6.07 Å². The summed E-state index contributed by atoms with van der Waals surface area (Å²) in [5.41, 5.74) is 12.6. The Bertz CT molecular complexity index is 2940. The van der Waals surface area contributed by atoms with E-state index in [1.165, 1.54) is 14.0 Å². The second-order valence-electron chi connectivity index (χ2n) is 16.7. The molecule has 2 aromatic carbocycles. The van der Waals surface area contributed by atoms with Crippen molar-refractivity contribution in [1.29, 1.82) is 0 Å². The van der Waals surface area contributed by atoms with Crippen LogP contribution in [0.4, 0.5) is 17.3 Å². The molecule has 4 aromatic heterocycles. The zero-order valence-electron chi connectivity index (χ0n) is 36.7. The third-order valence-electron chi connectivity index (χ3n) is 12.2. The smallest absolute Gasteiger partial charge is 0.289 e. The number of imidazole rings is 1. The highest BCUT2D eigenvalue weighted by atomic mass is 16.5. The molecule has 336 valence electrons. The van der Waals surface area contributed by atoms with E-state index >= 15 is 0 Å². The third kappa shape index (κ3) is 8.48. The summed E-state index contributed by atoms with van der Waals surface area (Å²) in [5, 5.41) is 18.4. The van der Waals surface area contributed by atoms with Gasteiger partial charge in [0.1, 0.15) is 34.9 Å². The number of aryl methyl sites for hydroxylation is 2. The molecular weight excluding hydrogens is 831 g/mol. The Labute approximate surface area is 373 Å². The fourth-order valence-corrected chi connectivity index (χ4v) is 8.82. The number of rotatable bonds is 17. The number of allylic oxidation sites excluding steroid dienone is 2. The average Bonchev–Trinajstić information content (AvgIpc) is 3.54. The average molecular weight is 882 g/mol. The van der Waals surface area contributed by atoms with E-state index in [-0.39, 0.29) is 29.8 Å². The van der Waals surface area contributed by atoms with E-state index in [1.807, 2.05) is 35.9 Å². The van der Waals surface area contributed by atoms with Crippen LogP contribution in [0.15, 0.2) is 48.3 Å². The van der Waals surface area contributed by atoms with E-state index in [0.717, 1.165) is 58.9 Å². The molecule has 6 aromatic rings. The Morgan fingerprint density at radius 2 is 1.85 bits per heavy atom. The number of benzene rings is 2. The molecule has 1 saturated carbocycles. The van der Waals surface area contributed by atoms with Crippen molar-refractivity contribution in [1.82, 2.24) is 50.2 Å². The lowest BCUT2D eigenvalue weighted by Gasteiger charge is -2.29. The minimum atomic E-state index is -0.670. The maximum absolute atomic E-state index is 13.8. The van der Waals surface area contributed by atoms with E-state index in [0.29, 0.717) is 102 Å². The number of aromatic nitrogens is 7. The molecule has 0 radical (unpaired) electrons. The number of ether oxygens (including phenoxy) is 1. The summed E-state index contributed by atoms with van der Waals surface area (Å²) >= 11 is 0. The van der Waals surface area contributed by atoms with Gasteiger partial charge in [0.25, 0.3) is 11.8 Å². The number of imide groups is 1. The van der Waals surface area contributed by atoms with E-state index < -0.39 is 17.9 Å². The van der Waals surface area contributed by atoms with Gasteiger partial charge in [0.05, 0.1) is 18.2 Å². The molecule has 8 N–H and O–H groups in total. The number of hydrogen-bond donors (Lipinski definition) is 7. The molecule has 19 nitrogen and oxygen atoms in total. The van der Waals surface area contributed by atoms with Gasteiger partial charge in [-0.05, 0) is 70.7 Å². The van der Waals surface area contributed by atoms with Crippen molar-refractivity contribution in [2.75, 3.05) is 30.8 Å². The first-order valence-electron chi connectivity index (χ1n) is 22.0. The van der Waals surface area contributed by atoms with Crippen molar-refractivity contribution >= 4 is 74.2 Å². The highest BCUT2D eigenvalue weighted by Crippen LogP contribution is 2.42. The second-order valence-corrected chi connectivity index (χ2v) is 16.7. The quantitative estimate of drug-likeness (QED) is 0.0372. The van der Waals surface area contributed by atoms with Crippen LogP contribution in [0.25, 0.3) is 27.5 Å². The molecule has 1 atom stereocenters. The first kappa shape index (κ1) is 42.7. The van der Waals surface area contributed by atoms with Crippen molar-refractivity contribution in [2.45, 2.75) is 90.8 Å². The molecule has 2 aliphatic heterocycles. The normalized spacial score (nSPS) is 16.5. The number of amides is 4. The van der Waals surface area contributed by atoms with Crippen molar-refractivity contribution in [3.05, 3.63) is 88.0 Å². The van der Waals surface area contributed by atoms with Crippen LogP contribution in [0.1, 0.15) is 108 Å². The number of fused-ring (bicyclic) bond motifs is 4. The first-order valence-corrected chi connectivity index (χ1v) is 22.0. The molecule has 19 heteroatoms. The molecule has 1 saturated heterocycles. The van der Waals surface area contributed by atoms with Crippen LogP contribution in [-0.2, 0) is 40.3 Å². The van der Waals surface area contributed by atoms with Crippen molar-refractivity contribution in [3.8, 4) is 5.75 Å². The molecule has 6 heterocycles. The third-order valence-corrected chi connectivity index (χ3v) is 12.2. The second kappa shape index (κ2) is 17.5. The van der Waals surface area contributed by atoms with Crippen molar-refractivity contribution < 1.29 is 28.7 Å². The number of methoxy groups -OCH3 is 1. The van der Waals surface area contributed by atoms with Crippen molar-refractivity contribution in [3.63, 3.8) is 0 Å². The lowest BCUT2D eigenvalue weighted by Crippen LogP contribution is -2.52. The molecule has 4 amide bonds. The van der Waals surface area contributed by atoms with Crippen LogP contribution < -0.4 is 31.7 Å². The predicted molar refractivity (Wildman–Crippen MR) is 242 cm³/mol. The number of aromatic amines is 2. The van der Waals surface area contributed by atoms with Gasteiger partial charge in [-0.25, -0.2) is 19.6 Å². The SMILES string of the molecule is CCn1nc(C2CC2)cc1Nc1nc(C(=O)NCCc2cnc(CCCNc3cccc4c3CN(C3CCC(=O)NC3=O)C4=O)[nH]2)nc2[nH]c3cc(C(C(C)=O)=C(C)N)c(OC)cc3c12. The number of piperidine rings is 1. The highest BCUT2D eigenvalue weighted by Gasteiger charge is 2.40. The molecular formula is C46H51N13O6. The van der Waals surface area contributed by atoms with Gasteiger partial charge >= 0.3 is 0 Å². The van der Waals surface area contributed by atoms with Crippen molar-refractivity contribution in [2.24, 2.45) is 5.73 Å². The van der Waals surface area contributed by atoms with Gasteiger partial charge < -0.3 is 41.3 Å². The van der Waals surface area contributed by atoms with E-state index in [4.69, 9.17) is 20.6 Å². The van der Waals surface area contributed by atoms with Crippen LogP contribution in [0.5, 0.6) is 5.75 Å². The number of nitrogens with zero attached hydrogens (tertiary/aromatic N) is 6. The van der Waals surface area contributed by atoms with Crippen LogP contribution >= 0.6 is 0 Å². The van der Waals surface area contributed by atoms with Gasteiger partial charge in [-0.2, -0.15) is 5.10 Å². The zero-order chi connectivity index (χ0) is 45.5.